The molecule has 1 aromatic carbocycles. The molecule has 0 aromatic heterocycles. The largest absolute Gasteiger partial charge is 0.494 e. The Hall–Kier alpha value is -1.63. The third-order valence-electron chi connectivity index (χ3n) is 3.48. The summed E-state index contributed by atoms with van der Waals surface area (Å²) in [7, 11) is -4.64. The number of amides is 1. The minimum Gasteiger partial charge on any atom is -0.494 e. The Morgan fingerprint density at radius 1 is 1.33 bits per heavy atom. The van der Waals surface area contributed by atoms with Gasteiger partial charge in [0.25, 0.3) is 0 Å². The van der Waals surface area contributed by atoms with Gasteiger partial charge in [-0.25, -0.2) is 0 Å². The first kappa shape index (κ1) is 15.8. The lowest BCUT2D eigenvalue weighted by Crippen LogP contribution is -2.29. The van der Waals surface area contributed by atoms with E-state index in [0.717, 1.165) is 11.3 Å². The molecule has 116 valence electrons. The summed E-state index contributed by atoms with van der Waals surface area (Å²) in [5.74, 6) is 0.467. The fourth-order valence-electron chi connectivity index (χ4n) is 2.32. The molecular formula is C14H18FNO4S. The van der Waals surface area contributed by atoms with Crippen LogP contribution < -0.4 is 4.74 Å². The minimum absolute atomic E-state index is 0.0608. The topological polar surface area (TPSA) is 63.7 Å². The van der Waals surface area contributed by atoms with Crippen molar-refractivity contribution in [2.45, 2.75) is 25.0 Å². The second-order valence-corrected chi connectivity index (χ2v) is 6.59. The van der Waals surface area contributed by atoms with Gasteiger partial charge in [-0.15, -0.1) is 3.89 Å². The first-order chi connectivity index (χ1) is 9.90. The Morgan fingerprint density at radius 2 is 2.00 bits per heavy atom. The van der Waals surface area contributed by atoms with E-state index in [1.54, 1.807) is 0 Å². The van der Waals surface area contributed by atoms with Gasteiger partial charge in [-0.1, -0.05) is 12.1 Å². The van der Waals surface area contributed by atoms with Crippen LogP contribution in [0.25, 0.3) is 0 Å². The van der Waals surface area contributed by atoms with Gasteiger partial charge in [0.15, 0.2) is 0 Å². The molecule has 21 heavy (non-hydrogen) atoms. The summed E-state index contributed by atoms with van der Waals surface area (Å²) in [5.41, 5.74) is 1.01. The zero-order valence-corrected chi connectivity index (χ0v) is 12.6. The van der Waals surface area contributed by atoms with Crippen molar-refractivity contribution in [3.8, 4) is 5.75 Å². The second kappa shape index (κ2) is 6.43. The number of hydrogen-bond donors (Lipinski definition) is 0. The molecule has 0 radical (unpaired) electrons. The van der Waals surface area contributed by atoms with Gasteiger partial charge in [-0.3, -0.25) is 4.79 Å². The third-order valence-corrected chi connectivity index (χ3v) is 4.59. The van der Waals surface area contributed by atoms with Crippen LogP contribution in [-0.2, 0) is 21.4 Å². The molecule has 0 aliphatic carbocycles. The summed E-state index contributed by atoms with van der Waals surface area (Å²) >= 11 is 0. The van der Waals surface area contributed by atoms with E-state index in [0.29, 0.717) is 19.6 Å². The Morgan fingerprint density at radius 3 is 2.52 bits per heavy atom. The van der Waals surface area contributed by atoms with Crippen molar-refractivity contribution < 1.29 is 21.8 Å². The maximum absolute atomic E-state index is 12.9. The number of carbonyl (C=O) groups is 1. The van der Waals surface area contributed by atoms with E-state index in [4.69, 9.17) is 4.74 Å². The molecule has 0 spiro atoms. The van der Waals surface area contributed by atoms with Crippen LogP contribution >= 0.6 is 0 Å². The second-order valence-electron chi connectivity index (χ2n) is 4.97. The maximum Gasteiger partial charge on any atom is 0.307 e. The van der Waals surface area contributed by atoms with E-state index in [9.17, 15) is 17.1 Å². The van der Waals surface area contributed by atoms with Gasteiger partial charge >= 0.3 is 10.2 Å². The summed E-state index contributed by atoms with van der Waals surface area (Å²) in [6, 6.07) is 7.49. The number of ether oxygens (including phenoxy) is 1. The lowest BCUT2D eigenvalue weighted by Gasteiger charge is -2.15. The van der Waals surface area contributed by atoms with Crippen molar-refractivity contribution in [1.82, 2.24) is 4.90 Å². The van der Waals surface area contributed by atoms with Gasteiger partial charge in [-0.2, -0.15) is 8.42 Å². The van der Waals surface area contributed by atoms with E-state index >= 15 is 0 Å². The highest BCUT2D eigenvalue weighted by Gasteiger charge is 2.37. The van der Waals surface area contributed by atoms with Crippen LogP contribution in [0.2, 0.25) is 0 Å². The van der Waals surface area contributed by atoms with Crippen LogP contribution in [0.1, 0.15) is 18.9 Å². The molecule has 1 aliphatic rings. The standard InChI is InChI=1S/C14H18FNO4S/c1-2-20-12-5-3-11(4-6-12)7-8-16-10-13(9-14(16)17)21(15,18)19/h3-6,13H,2,7-10H2,1H3. The molecule has 1 heterocycles. The fourth-order valence-corrected chi connectivity index (χ4v) is 3.02. The number of halogens is 1. The average Bonchev–Trinajstić information content (AvgIpc) is 2.80. The molecule has 0 N–H and O–H groups in total. The smallest absolute Gasteiger partial charge is 0.307 e. The predicted octanol–water partition coefficient (Wildman–Crippen LogP) is 1.53. The lowest BCUT2D eigenvalue weighted by molar-refractivity contribution is -0.127. The molecule has 1 amide bonds. The Balaban J connectivity index is 1.90. The lowest BCUT2D eigenvalue weighted by atomic mass is 10.1. The van der Waals surface area contributed by atoms with Crippen molar-refractivity contribution in [3.63, 3.8) is 0 Å². The van der Waals surface area contributed by atoms with Crippen molar-refractivity contribution >= 4 is 16.1 Å². The van der Waals surface area contributed by atoms with E-state index < -0.39 is 15.5 Å². The van der Waals surface area contributed by atoms with Gasteiger partial charge < -0.3 is 9.64 Å². The van der Waals surface area contributed by atoms with E-state index in [2.05, 4.69) is 0 Å². The first-order valence-electron chi connectivity index (χ1n) is 6.83. The average molecular weight is 315 g/mol. The number of likely N-dealkylation sites (tertiary alicyclic amines) is 1. The number of hydrogen-bond acceptors (Lipinski definition) is 4. The van der Waals surface area contributed by atoms with E-state index in [1.807, 2.05) is 31.2 Å². The van der Waals surface area contributed by atoms with Crippen LogP contribution in [0.4, 0.5) is 3.89 Å². The van der Waals surface area contributed by atoms with Crippen LogP contribution in [0.15, 0.2) is 24.3 Å². The zero-order valence-electron chi connectivity index (χ0n) is 11.8. The highest BCUT2D eigenvalue weighted by molar-refractivity contribution is 7.87. The van der Waals surface area contributed by atoms with Gasteiger partial charge in [0.05, 0.1) is 6.61 Å². The normalized spacial score (nSPS) is 19.0. The minimum atomic E-state index is -4.64. The molecule has 1 fully saturated rings. The Labute approximate surface area is 123 Å². The van der Waals surface area contributed by atoms with Crippen molar-refractivity contribution in [3.05, 3.63) is 29.8 Å². The molecule has 5 nitrogen and oxygen atoms in total. The van der Waals surface area contributed by atoms with Gasteiger partial charge in [0.1, 0.15) is 11.0 Å². The summed E-state index contributed by atoms with van der Waals surface area (Å²) in [4.78, 5) is 13.1. The van der Waals surface area contributed by atoms with Crippen LogP contribution in [0.3, 0.4) is 0 Å². The van der Waals surface area contributed by atoms with Crippen LogP contribution in [-0.4, -0.2) is 44.2 Å². The molecule has 1 aromatic rings. The molecule has 1 saturated heterocycles. The summed E-state index contributed by atoms with van der Waals surface area (Å²) in [5, 5.41) is -1.22. The van der Waals surface area contributed by atoms with E-state index in [-0.39, 0.29) is 18.9 Å². The number of nitrogens with zero attached hydrogens (tertiary/aromatic N) is 1. The fraction of sp³-hybridized carbons (Fsp3) is 0.500. The van der Waals surface area contributed by atoms with Crippen molar-refractivity contribution in [2.24, 2.45) is 0 Å². The monoisotopic (exact) mass is 315 g/mol. The SMILES string of the molecule is CCOc1ccc(CCN2CC(S(=O)(=O)F)CC2=O)cc1. The highest BCUT2D eigenvalue weighted by Crippen LogP contribution is 2.20. The highest BCUT2D eigenvalue weighted by atomic mass is 32.3. The molecule has 1 unspecified atom stereocenters. The zero-order chi connectivity index (χ0) is 15.5. The molecule has 7 heteroatoms. The molecule has 0 saturated carbocycles. The van der Waals surface area contributed by atoms with Gasteiger partial charge in [-0.05, 0) is 31.0 Å². The third kappa shape index (κ3) is 4.17. The number of benzene rings is 1. The maximum atomic E-state index is 12.9. The molecule has 0 bridgehead atoms. The van der Waals surface area contributed by atoms with Gasteiger partial charge in [0.2, 0.25) is 5.91 Å². The van der Waals surface area contributed by atoms with Crippen molar-refractivity contribution in [1.29, 1.82) is 0 Å². The molecule has 1 aliphatic heterocycles. The summed E-state index contributed by atoms with van der Waals surface area (Å²) in [6.45, 7) is 2.83. The first-order valence-corrected chi connectivity index (χ1v) is 8.28. The predicted molar refractivity (Wildman–Crippen MR) is 76.3 cm³/mol. The van der Waals surface area contributed by atoms with E-state index in [1.165, 1.54) is 4.90 Å². The molecular weight excluding hydrogens is 297 g/mol. The van der Waals surface area contributed by atoms with Crippen LogP contribution in [0, 0.1) is 0 Å². The Kier molecular flexibility index (Phi) is 4.82. The van der Waals surface area contributed by atoms with Crippen LogP contribution in [0.5, 0.6) is 5.75 Å². The summed E-state index contributed by atoms with van der Waals surface area (Å²) in [6.07, 6.45) is 0.333. The quantitative estimate of drug-likeness (QED) is 0.747. The number of rotatable bonds is 6. The number of carbonyl (C=O) groups excluding carboxylic acids is 1. The van der Waals surface area contributed by atoms with Gasteiger partial charge in [0, 0.05) is 19.5 Å². The molecule has 1 atom stereocenters. The summed E-state index contributed by atoms with van der Waals surface area (Å²) < 4.78 is 39.9. The molecule has 2 rings (SSSR count). The van der Waals surface area contributed by atoms with Crippen molar-refractivity contribution in [2.75, 3.05) is 19.7 Å². The Bertz CT molecular complexity index is 600.